The molecule has 0 spiro atoms. The highest BCUT2D eigenvalue weighted by atomic mass is 19.1. The van der Waals surface area contributed by atoms with Gasteiger partial charge in [0.25, 0.3) is 0 Å². The van der Waals surface area contributed by atoms with Gasteiger partial charge in [-0.1, -0.05) is 0 Å². The van der Waals surface area contributed by atoms with Gasteiger partial charge < -0.3 is 4.40 Å². The van der Waals surface area contributed by atoms with Gasteiger partial charge in [-0.3, -0.25) is 0 Å². The molecule has 0 saturated heterocycles. The molecule has 0 bridgehead atoms. The predicted molar refractivity (Wildman–Crippen MR) is 37.4 cm³/mol. The molecule has 2 rings (SSSR count). The first-order valence-electron chi connectivity index (χ1n) is 3.09. The number of hydrogen-bond acceptors (Lipinski definition) is 0. The molecule has 50 valence electrons. The van der Waals surface area contributed by atoms with E-state index in [-0.39, 0.29) is 5.82 Å². The van der Waals surface area contributed by atoms with Crippen LogP contribution in [0.25, 0.3) is 5.52 Å². The fourth-order valence-corrected chi connectivity index (χ4v) is 1.03. The SMILES string of the molecule is Fc1cccn2cccc12. The molecule has 0 aromatic carbocycles. The van der Waals surface area contributed by atoms with Crippen LogP contribution in [0.2, 0.25) is 0 Å². The summed E-state index contributed by atoms with van der Waals surface area (Å²) in [6, 6.07) is 6.70. The molecule has 0 unspecified atom stereocenters. The molecule has 0 saturated carbocycles. The molecule has 0 aliphatic rings. The van der Waals surface area contributed by atoms with Crippen LogP contribution in [0.15, 0.2) is 36.7 Å². The van der Waals surface area contributed by atoms with Gasteiger partial charge in [-0.05, 0) is 24.3 Å². The maximum Gasteiger partial charge on any atom is 0.147 e. The number of aromatic nitrogens is 1. The van der Waals surface area contributed by atoms with Crippen molar-refractivity contribution in [3.05, 3.63) is 42.5 Å². The highest BCUT2D eigenvalue weighted by molar-refractivity contribution is 5.48. The molecular formula is C8H6FN. The minimum absolute atomic E-state index is 0.174. The third-order valence-corrected chi connectivity index (χ3v) is 1.51. The average Bonchev–Trinajstić information content (AvgIpc) is 2.36. The number of nitrogens with zero attached hydrogens (tertiary/aromatic N) is 1. The number of hydrogen-bond donors (Lipinski definition) is 0. The van der Waals surface area contributed by atoms with E-state index in [9.17, 15) is 4.39 Å². The largest absolute Gasteiger partial charge is 0.321 e. The Balaban J connectivity index is 2.95. The fourth-order valence-electron chi connectivity index (χ4n) is 1.03. The lowest BCUT2D eigenvalue weighted by Crippen LogP contribution is -1.82. The molecule has 0 aliphatic carbocycles. The van der Waals surface area contributed by atoms with Crippen LogP contribution in [0.5, 0.6) is 0 Å². The van der Waals surface area contributed by atoms with Crippen LogP contribution in [-0.2, 0) is 0 Å². The molecule has 0 radical (unpaired) electrons. The van der Waals surface area contributed by atoms with E-state index in [2.05, 4.69) is 0 Å². The molecule has 2 aromatic heterocycles. The van der Waals surface area contributed by atoms with Crippen molar-refractivity contribution in [1.29, 1.82) is 0 Å². The lowest BCUT2D eigenvalue weighted by Gasteiger charge is -1.92. The lowest BCUT2D eigenvalue weighted by atomic mass is 10.4. The third kappa shape index (κ3) is 0.620. The summed E-state index contributed by atoms with van der Waals surface area (Å²) in [6.07, 6.45) is 3.64. The number of fused-ring (bicyclic) bond motifs is 1. The number of halogens is 1. The summed E-state index contributed by atoms with van der Waals surface area (Å²) >= 11 is 0. The van der Waals surface area contributed by atoms with E-state index in [0.717, 1.165) is 0 Å². The van der Waals surface area contributed by atoms with Gasteiger partial charge in [0.05, 0.1) is 5.52 Å². The van der Waals surface area contributed by atoms with Crippen LogP contribution in [-0.4, -0.2) is 4.40 Å². The Hall–Kier alpha value is -1.31. The summed E-state index contributed by atoms with van der Waals surface area (Å²) in [5.74, 6) is -0.174. The standard InChI is InChI=1S/C8H6FN/c9-7-3-1-5-10-6-2-4-8(7)10/h1-6H. The summed E-state index contributed by atoms with van der Waals surface area (Å²) in [6.45, 7) is 0. The van der Waals surface area contributed by atoms with Crippen molar-refractivity contribution in [2.24, 2.45) is 0 Å². The molecule has 0 amide bonds. The van der Waals surface area contributed by atoms with Gasteiger partial charge in [0.1, 0.15) is 5.82 Å². The van der Waals surface area contributed by atoms with E-state index in [0.29, 0.717) is 5.52 Å². The molecule has 0 atom stereocenters. The lowest BCUT2D eigenvalue weighted by molar-refractivity contribution is 0.633. The second kappa shape index (κ2) is 1.84. The van der Waals surface area contributed by atoms with Crippen LogP contribution in [0.4, 0.5) is 4.39 Å². The Morgan fingerprint density at radius 3 is 2.50 bits per heavy atom. The number of rotatable bonds is 0. The maximum absolute atomic E-state index is 12.8. The van der Waals surface area contributed by atoms with Gasteiger partial charge in [-0.25, -0.2) is 4.39 Å². The Labute approximate surface area is 57.7 Å². The van der Waals surface area contributed by atoms with E-state index in [4.69, 9.17) is 0 Å². The Morgan fingerprint density at radius 1 is 1.10 bits per heavy atom. The van der Waals surface area contributed by atoms with Gasteiger partial charge in [0, 0.05) is 12.4 Å². The minimum atomic E-state index is -0.174. The third-order valence-electron chi connectivity index (χ3n) is 1.51. The van der Waals surface area contributed by atoms with Gasteiger partial charge in [-0.2, -0.15) is 0 Å². The van der Waals surface area contributed by atoms with Crippen molar-refractivity contribution in [1.82, 2.24) is 4.40 Å². The van der Waals surface area contributed by atoms with Crippen molar-refractivity contribution in [2.75, 3.05) is 0 Å². The van der Waals surface area contributed by atoms with Gasteiger partial charge in [0.15, 0.2) is 0 Å². The molecule has 2 aromatic rings. The zero-order chi connectivity index (χ0) is 6.97. The second-order valence-corrected chi connectivity index (χ2v) is 2.16. The maximum atomic E-state index is 12.8. The van der Waals surface area contributed by atoms with Gasteiger partial charge in [-0.15, -0.1) is 0 Å². The van der Waals surface area contributed by atoms with Crippen LogP contribution >= 0.6 is 0 Å². The quantitative estimate of drug-likeness (QED) is 0.521. The first-order chi connectivity index (χ1) is 4.88. The molecule has 1 nitrogen and oxygen atoms in total. The predicted octanol–water partition coefficient (Wildman–Crippen LogP) is 2.08. The summed E-state index contributed by atoms with van der Waals surface area (Å²) in [5.41, 5.74) is 0.627. The van der Waals surface area contributed by atoms with Crippen LogP contribution in [0.3, 0.4) is 0 Å². The smallest absolute Gasteiger partial charge is 0.147 e. The highest BCUT2D eigenvalue weighted by Gasteiger charge is 1.95. The summed E-state index contributed by atoms with van der Waals surface area (Å²) in [5, 5.41) is 0. The van der Waals surface area contributed by atoms with Gasteiger partial charge >= 0.3 is 0 Å². The fraction of sp³-hybridized carbons (Fsp3) is 0. The van der Waals surface area contributed by atoms with Crippen molar-refractivity contribution in [3.63, 3.8) is 0 Å². The molecule has 0 N–H and O–H groups in total. The highest BCUT2D eigenvalue weighted by Crippen LogP contribution is 2.08. The van der Waals surface area contributed by atoms with E-state index in [1.165, 1.54) is 6.07 Å². The van der Waals surface area contributed by atoms with Crippen molar-refractivity contribution in [3.8, 4) is 0 Å². The van der Waals surface area contributed by atoms with Crippen LogP contribution in [0, 0.1) is 5.82 Å². The molecule has 0 aliphatic heterocycles. The second-order valence-electron chi connectivity index (χ2n) is 2.16. The Bertz CT molecular complexity index is 351. The Morgan fingerprint density at radius 2 is 1.80 bits per heavy atom. The van der Waals surface area contributed by atoms with E-state index in [1.807, 2.05) is 18.5 Å². The van der Waals surface area contributed by atoms with Gasteiger partial charge in [0.2, 0.25) is 0 Å². The molecule has 2 heteroatoms. The average molecular weight is 135 g/mol. The van der Waals surface area contributed by atoms with E-state index < -0.39 is 0 Å². The minimum Gasteiger partial charge on any atom is -0.321 e. The van der Waals surface area contributed by atoms with Crippen LogP contribution in [0.1, 0.15) is 0 Å². The Kier molecular flexibility index (Phi) is 1.01. The summed E-state index contributed by atoms with van der Waals surface area (Å²) in [7, 11) is 0. The first-order valence-corrected chi connectivity index (χ1v) is 3.09. The van der Waals surface area contributed by atoms with Crippen LogP contribution < -0.4 is 0 Å². The normalized spacial score (nSPS) is 10.5. The first kappa shape index (κ1) is 5.47. The summed E-state index contributed by atoms with van der Waals surface area (Å²) < 4.78 is 14.5. The zero-order valence-corrected chi connectivity index (χ0v) is 5.29. The molecule has 10 heavy (non-hydrogen) atoms. The van der Waals surface area contributed by atoms with Crippen molar-refractivity contribution < 1.29 is 4.39 Å². The van der Waals surface area contributed by atoms with E-state index >= 15 is 0 Å². The topological polar surface area (TPSA) is 4.41 Å². The monoisotopic (exact) mass is 135 g/mol. The van der Waals surface area contributed by atoms with E-state index in [1.54, 1.807) is 16.5 Å². The van der Waals surface area contributed by atoms with Crippen molar-refractivity contribution in [2.45, 2.75) is 0 Å². The molecule has 2 heterocycles. The van der Waals surface area contributed by atoms with Crippen molar-refractivity contribution >= 4 is 5.52 Å². The molecule has 0 fully saturated rings. The summed E-state index contributed by atoms with van der Waals surface area (Å²) in [4.78, 5) is 0. The number of pyridine rings is 1. The molecular weight excluding hydrogens is 129 g/mol. The zero-order valence-electron chi connectivity index (χ0n) is 5.29.